The number of rotatable bonds is 3. The number of hydrogen-bond donors (Lipinski definition) is 2. The van der Waals surface area contributed by atoms with Crippen molar-refractivity contribution in [2.45, 2.75) is 20.3 Å². The van der Waals surface area contributed by atoms with Gasteiger partial charge in [-0.15, -0.1) is 12.4 Å². The highest BCUT2D eigenvalue weighted by Crippen LogP contribution is 2.19. The van der Waals surface area contributed by atoms with E-state index in [1.165, 1.54) is 10.2 Å². The van der Waals surface area contributed by atoms with Crippen LogP contribution in [0.3, 0.4) is 0 Å². The Kier molecular flexibility index (Phi) is 5.16. The fourth-order valence-corrected chi connectivity index (χ4v) is 2.11. The van der Waals surface area contributed by atoms with Gasteiger partial charge in [0.2, 0.25) is 5.96 Å². The molecule has 0 aliphatic carbocycles. The van der Waals surface area contributed by atoms with Gasteiger partial charge in [-0.05, 0) is 31.5 Å². The minimum Gasteiger partial charge on any atom is -0.497 e. The summed E-state index contributed by atoms with van der Waals surface area (Å²) in [7, 11) is 1.65. The monoisotopic (exact) mass is 294 g/mol. The van der Waals surface area contributed by atoms with Gasteiger partial charge in [0.1, 0.15) is 5.75 Å². The molecule has 0 amide bonds. The van der Waals surface area contributed by atoms with Gasteiger partial charge in [0, 0.05) is 17.7 Å². The number of nitrogens with two attached hydrogens (primary N) is 1. The third-order valence-corrected chi connectivity index (χ3v) is 3.21. The van der Waals surface area contributed by atoms with Gasteiger partial charge in [-0.3, -0.25) is 5.41 Å². The Morgan fingerprint density at radius 1 is 1.30 bits per heavy atom. The average Bonchev–Trinajstić information content (AvgIpc) is 2.68. The van der Waals surface area contributed by atoms with Crippen LogP contribution in [0.15, 0.2) is 24.3 Å². The number of nitrogens with zero attached hydrogens (tertiary/aromatic N) is 2. The summed E-state index contributed by atoms with van der Waals surface area (Å²) in [5.74, 6) is 0.790. The van der Waals surface area contributed by atoms with Crippen LogP contribution in [0, 0.1) is 19.3 Å². The number of benzene rings is 1. The van der Waals surface area contributed by atoms with Crippen LogP contribution in [-0.2, 0) is 6.42 Å². The fraction of sp³-hybridized carbons (Fsp3) is 0.286. The van der Waals surface area contributed by atoms with Crippen molar-refractivity contribution in [1.29, 1.82) is 5.41 Å². The molecule has 0 spiro atoms. The first-order valence-corrected chi connectivity index (χ1v) is 6.05. The summed E-state index contributed by atoms with van der Waals surface area (Å²) in [6.45, 7) is 3.87. The molecule has 0 aliphatic rings. The standard InChI is InChI=1S/C14H18N4O.ClH/c1-9-13(10(2)18(17-9)14(15)16)8-11-4-6-12(19-3)7-5-11;/h4-7H,8H2,1-3H3,(H3,15,16);1H. The molecule has 0 aliphatic heterocycles. The van der Waals surface area contributed by atoms with E-state index in [9.17, 15) is 0 Å². The van der Waals surface area contributed by atoms with Crippen molar-refractivity contribution in [2.75, 3.05) is 7.11 Å². The molecule has 6 heteroatoms. The maximum absolute atomic E-state index is 7.48. The molecule has 1 heterocycles. The van der Waals surface area contributed by atoms with E-state index in [0.29, 0.717) is 0 Å². The van der Waals surface area contributed by atoms with Crippen LogP contribution in [0.2, 0.25) is 0 Å². The maximum atomic E-state index is 7.48. The molecule has 3 N–H and O–H groups in total. The van der Waals surface area contributed by atoms with Gasteiger partial charge in [0.15, 0.2) is 0 Å². The van der Waals surface area contributed by atoms with E-state index < -0.39 is 0 Å². The molecule has 0 atom stereocenters. The number of hydrogen-bond acceptors (Lipinski definition) is 3. The summed E-state index contributed by atoms with van der Waals surface area (Å²) in [5.41, 5.74) is 9.61. The Bertz CT molecular complexity index is 604. The summed E-state index contributed by atoms with van der Waals surface area (Å²) in [4.78, 5) is 0. The van der Waals surface area contributed by atoms with Crippen molar-refractivity contribution in [3.8, 4) is 5.75 Å². The van der Waals surface area contributed by atoms with Crippen molar-refractivity contribution in [1.82, 2.24) is 9.78 Å². The lowest BCUT2D eigenvalue weighted by atomic mass is 10.0. The van der Waals surface area contributed by atoms with Crippen molar-refractivity contribution in [2.24, 2.45) is 5.73 Å². The predicted octanol–water partition coefficient (Wildman–Crippen LogP) is 2.26. The molecule has 0 saturated heterocycles. The Balaban J connectivity index is 0.00000200. The topological polar surface area (TPSA) is 76.9 Å². The highest BCUT2D eigenvalue weighted by molar-refractivity contribution is 5.85. The summed E-state index contributed by atoms with van der Waals surface area (Å²) < 4.78 is 6.61. The number of nitrogen functional groups attached to an aromatic ring is 1. The zero-order valence-electron chi connectivity index (χ0n) is 11.8. The van der Waals surface area contributed by atoms with Gasteiger partial charge >= 0.3 is 0 Å². The second-order valence-electron chi connectivity index (χ2n) is 4.47. The number of nitrogens with one attached hydrogen (secondary N) is 1. The fourth-order valence-electron chi connectivity index (χ4n) is 2.11. The number of methoxy groups -OCH3 is 1. The van der Waals surface area contributed by atoms with Crippen molar-refractivity contribution >= 4 is 18.4 Å². The lowest BCUT2D eigenvalue weighted by Gasteiger charge is -2.05. The SMILES string of the molecule is COc1ccc(Cc2c(C)nn(C(=N)N)c2C)cc1.Cl. The van der Waals surface area contributed by atoms with Gasteiger partial charge in [-0.2, -0.15) is 5.10 Å². The minimum absolute atomic E-state index is 0. The zero-order valence-corrected chi connectivity index (χ0v) is 12.6. The molecule has 0 saturated carbocycles. The van der Waals surface area contributed by atoms with Crippen LogP contribution < -0.4 is 10.5 Å². The van der Waals surface area contributed by atoms with Gasteiger partial charge < -0.3 is 10.5 Å². The Morgan fingerprint density at radius 3 is 2.35 bits per heavy atom. The lowest BCUT2D eigenvalue weighted by molar-refractivity contribution is 0.414. The van der Waals surface area contributed by atoms with E-state index in [1.54, 1.807) is 7.11 Å². The minimum atomic E-state index is -0.0541. The molecule has 2 rings (SSSR count). The molecule has 20 heavy (non-hydrogen) atoms. The average molecular weight is 295 g/mol. The van der Waals surface area contributed by atoms with Gasteiger partial charge in [-0.1, -0.05) is 12.1 Å². The quantitative estimate of drug-likeness (QED) is 0.673. The third-order valence-electron chi connectivity index (χ3n) is 3.21. The molecule has 0 radical (unpaired) electrons. The van der Waals surface area contributed by atoms with Crippen LogP contribution in [0.25, 0.3) is 0 Å². The molecular formula is C14H19ClN4O. The predicted molar refractivity (Wildman–Crippen MR) is 82.1 cm³/mol. The Labute approximate surface area is 124 Å². The van der Waals surface area contributed by atoms with Gasteiger partial charge in [-0.25, -0.2) is 4.68 Å². The summed E-state index contributed by atoms with van der Waals surface area (Å²) in [6.07, 6.45) is 0.773. The smallest absolute Gasteiger partial charge is 0.213 e. The highest BCUT2D eigenvalue weighted by atomic mass is 35.5. The maximum Gasteiger partial charge on any atom is 0.213 e. The van der Waals surface area contributed by atoms with Crippen LogP contribution in [0.1, 0.15) is 22.5 Å². The zero-order chi connectivity index (χ0) is 14.0. The first-order valence-electron chi connectivity index (χ1n) is 6.05. The van der Waals surface area contributed by atoms with Gasteiger partial charge in [0.05, 0.1) is 12.8 Å². The molecule has 108 valence electrons. The van der Waals surface area contributed by atoms with E-state index in [-0.39, 0.29) is 18.4 Å². The molecule has 1 aromatic heterocycles. The van der Waals surface area contributed by atoms with Crippen LogP contribution in [0.5, 0.6) is 5.75 Å². The number of aryl methyl sites for hydroxylation is 1. The molecule has 1 aromatic carbocycles. The van der Waals surface area contributed by atoms with E-state index in [4.69, 9.17) is 15.9 Å². The first-order chi connectivity index (χ1) is 9.02. The second kappa shape index (κ2) is 6.43. The largest absolute Gasteiger partial charge is 0.497 e. The van der Waals surface area contributed by atoms with Crippen LogP contribution in [0.4, 0.5) is 0 Å². The van der Waals surface area contributed by atoms with Crippen molar-refractivity contribution in [3.63, 3.8) is 0 Å². The molecule has 0 unspecified atom stereocenters. The van der Waals surface area contributed by atoms with Gasteiger partial charge in [0.25, 0.3) is 0 Å². The lowest BCUT2D eigenvalue weighted by Crippen LogP contribution is -2.23. The number of aromatic nitrogens is 2. The highest BCUT2D eigenvalue weighted by Gasteiger charge is 2.13. The molecule has 2 aromatic rings. The molecular weight excluding hydrogens is 276 g/mol. The number of ether oxygens (including phenoxy) is 1. The van der Waals surface area contributed by atoms with Crippen molar-refractivity contribution < 1.29 is 4.74 Å². The Morgan fingerprint density at radius 2 is 1.90 bits per heavy atom. The van der Waals surface area contributed by atoms with E-state index in [0.717, 1.165) is 29.1 Å². The first kappa shape index (κ1) is 16.0. The van der Waals surface area contributed by atoms with Crippen LogP contribution in [-0.4, -0.2) is 22.8 Å². The summed E-state index contributed by atoms with van der Waals surface area (Å²) in [6, 6.07) is 7.94. The third kappa shape index (κ3) is 3.11. The molecule has 0 bridgehead atoms. The van der Waals surface area contributed by atoms with Crippen LogP contribution >= 0.6 is 12.4 Å². The van der Waals surface area contributed by atoms with E-state index >= 15 is 0 Å². The normalized spacial score (nSPS) is 9.95. The van der Waals surface area contributed by atoms with E-state index in [1.807, 2.05) is 38.1 Å². The van der Waals surface area contributed by atoms with Crippen molar-refractivity contribution in [3.05, 3.63) is 46.8 Å². The summed E-state index contributed by atoms with van der Waals surface area (Å²) in [5, 5.41) is 11.8. The second-order valence-corrected chi connectivity index (χ2v) is 4.47. The number of halogens is 1. The molecule has 0 fully saturated rings. The summed E-state index contributed by atoms with van der Waals surface area (Å²) >= 11 is 0. The van der Waals surface area contributed by atoms with E-state index in [2.05, 4.69) is 5.10 Å². The Hall–Kier alpha value is -2.01. The molecule has 5 nitrogen and oxygen atoms in total.